The Morgan fingerprint density at radius 1 is 0.212 bits per heavy atom. The van der Waals surface area contributed by atoms with Crippen LogP contribution in [0.15, 0.2) is 231 Å². The highest BCUT2D eigenvalue weighted by Crippen LogP contribution is 2.52. The topological polar surface area (TPSA) is 0 Å². The molecule has 2 aromatic heterocycles. The summed E-state index contributed by atoms with van der Waals surface area (Å²) in [6, 6.07) is 85.8. The number of fused-ring (bicyclic) bond motifs is 10. The molecular weight excluding hydrogens is 833 g/mol. The zero-order chi connectivity index (χ0) is 43.3. The van der Waals surface area contributed by atoms with Gasteiger partial charge in [0.25, 0.3) is 0 Å². The summed E-state index contributed by atoms with van der Waals surface area (Å²) in [5.41, 5.74) is 12.7. The molecule has 2 heteroatoms. The second-order valence-electron chi connectivity index (χ2n) is 17.4. The Morgan fingerprint density at radius 3 is 1.18 bits per heavy atom. The molecule has 0 aliphatic rings. The molecule has 0 bridgehead atoms. The van der Waals surface area contributed by atoms with E-state index in [2.05, 4.69) is 231 Å². The summed E-state index contributed by atoms with van der Waals surface area (Å²) in [4.78, 5) is 0. The van der Waals surface area contributed by atoms with E-state index >= 15 is 0 Å². The van der Waals surface area contributed by atoms with Crippen molar-refractivity contribution in [3.63, 3.8) is 0 Å². The first-order valence-corrected chi connectivity index (χ1v) is 24.3. The summed E-state index contributed by atoms with van der Waals surface area (Å²) in [5.74, 6) is 0. The van der Waals surface area contributed by atoms with Gasteiger partial charge in [-0.15, -0.1) is 22.7 Å². The fourth-order valence-electron chi connectivity index (χ4n) is 11.1. The molecule has 0 spiro atoms. The highest BCUT2D eigenvalue weighted by Gasteiger charge is 2.23. The molecule has 2 heterocycles. The van der Waals surface area contributed by atoms with E-state index in [1.165, 1.54) is 139 Å². The van der Waals surface area contributed by atoms with Gasteiger partial charge < -0.3 is 0 Å². The minimum absolute atomic E-state index is 1.24. The largest absolute Gasteiger partial charge is 0.135 e. The third-order valence-electron chi connectivity index (χ3n) is 13.9. The molecule has 66 heavy (non-hydrogen) atoms. The van der Waals surface area contributed by atoms with Crippen LogP contribution in [-0.2, 0) is 0 Å². The third-order valence-corrected chi connectivity index (χ3v) is 16.2. The SMILES string of the molecule is c1ccc(-c2ccc3sc4ccc(-c5c6ccccc6c(-c6cccc7sc8c(-c9c%10ccccc%10c(-c%10ccccc%10)c%10ccccc9%10)cccc8c67)c6ccccc56)cc4c3c2)cc1. The number of hydrogen-bond acceptors (Lipinski definition) is 2. The smallest absolute Gasteiger partial charge is 0.0434 e. The highest BCUT2D eigenvalue weighted by molar-refractivity contribution is 7.26. The maximum Gasteiger partial charge on any atom is 0.0434 e. The van der Waals surface area contributed by atoms with Crippen LogP contribution in [0.3, 0.4) is 0 Å². The molecule has 0 nitrogen and oxygen atoms in total. The molecule has 0 aliphatic carbocycles. The minimum Gasteiger partial charge on any atom is -0.135 e. The maximum absolute atomic E-state index is 2.45. The Kier molecular flexibility index (Phi) is 8.43. The van der Waals surface area contributed by atoms with Gasteiger partial charge in [0.1, 0.15) is 0 Å². The van der Waals surface area contributed by atoms with Crippen molar-refractivity contribution in [3.8, 4) is 55.6 Å². The predicted octanol–water partition coefficient (Wildman–Crippen LogP) is 19.4. The Balaban J connectivity index is 1.01. The van der Waals surface area contributed by atoms with Crippen LogP contribution in [-0.4, -0.2) is 0 Å². The van der Waals surface area contributed by atoms with Crippen LogP contribution in [0.5, 0.6) is 0 Å². The van der Waals surface area contributed by atoms with Gasteiger partial charge in [-0.05, 0) is 123 Å². The molecule has 0 atom stereocenters. The van der Waals surface area contributed by atoms with E-state index in [1.807, 2.05) is 22.7 Å². The maximum atomic E-state index is 2.45. The monoisotopic (exact) mass is 870 g/mol. The van der Waals surface area contributed by atoms with Crippen LogP contribution in [0.1, 0.15) is 0 Å². The van der Waals surface area contributed by atoms with Crippen molar-refractivity contribution in [1.29, 1.82) is 0 Å². The lowest BCUT2D eigenvalue weighted by molar-refractivity contribution is 1.66. The molecule has 0 amide bonds. The summed E-state index contributed by atoms with van der Waals surface area (Å²) in [5, 5.41) is 15.4. The molecule has 306 valence electrons. The predicted molar refractivity (Wildman–Crippen MR) is 289 cm³/mol. The molecule has 0 saturated carbocycles. The van der Waals surface area contributed by atoms with Crippen LogP contribution in [0, 0.1) is 0 Å². The quantitative estimate of drug-likeness (QED) is 0.151. The van der Waals surface area contributed by atoms with Gasteiger partial charge in [-0.2, -0.15) is 0 Å². The van der Waals surface area contributed by atoms with Crippen molar-refractivity contribution in [1.82, 2.24) is 0 Å². The summed E-state index contributed by atoms with van der Waals surface area (Å²) in [6.07, 6.45) is 0. The minimum atomic E-state index is 1.24. The summed E-state index contributed by atoms with van der Waals surface area (Å²) >= 11 is 3.80. The molecule has 14 aromatic rings. The Morgan fingerprint density at radius 2 is 0.621 bits per heavy atom. The van der Waals surface area contributed by atoms with Crippen LogP contribution in [0.2, 0.25) is 0 Å². The van der Waals surface area contributed by atoms with Gasteiger partial charge in [-0.3, -0.25) is 0 Å². The molecule has 14 rings (SSSR count). The molecule has 0 aliphatic heterocycles. The van der Waals surface area contributed by atoms with E-state index in [9.17, 15) is 0 Å². The standard InChI is InChI=1S/C64H38S2/c1-3-17-39(18-4-1)41-33-35-56-54(37-41)55-38-42(34-36-57(55)65-56)60-45-23-9-11-25-47(45)61(48-26-12-10-24-46(48)60)51-29-16-32-58-63(51)53-31-15-30-52(64(53)66-58)62-49-27-13-7-21-43(49)59(40-19-5-2-6-20-40)44-22-8-14-28-50(44)62/h1-38H. The van der Waals surface area contributed by atoms with Crippen LogP contribution < -0.4 is 0 Å². The number of hydrogen-bond donors (Lipinski definition) is 0. The first kappa shape index (κ1) is 37.5. The third kappa shape index (κ3) is 5.62. The lowest BCUT2D eigenvalue weighted by atomic mass is 9.84. The Bertz CT molecular complexity index is 4150. The highest BCUT2D eigenvalue weighted by atomic mass is 32.1. The van der Waals surface area contributed by atoms with Crippen LogP contribution in [0.4, 0.5) is 0 Å². The van der Waals surface area contributed by atoms with Crippen molar-refractivity contribution in [2.24, 2.45) is 0 Å². The van der Waals surface area contributed by atoms with Crippen molar-refractivity contribution in [2.45, 2.75) is 0 Å². The molecule has 0 N–H and O–H groups in total. The van der Waals surface area contributed by atoms with Crippen molar-refractivity contribution in [3.05, 3.63) is 231 Å². The van der Waals surface area contributed by atoms with Gasteiger partial charge in [-0.25, -0.2) is 0 Å². The Labute approximate surface area is 389 Å². The first-order chi connectivity index (χ1) is 32.8. The second-order valence-corrected chi connectivity index (χ2v) is 19.5. The summed E-state index contributed by atoms with van der Waals surface area (Å²) in [7, 11) is 0. The van der Waals surface area contributed by atoms with Crippen molar-refractivity contribution < 1.29 is 0 Å². The normalized spacial score (nSPS) is 11.9. The van der Waals surface area contributed by atoms with E-state index in [-0.39, 0.29) is 0 Å². The van der Waals surface area contributed by atoms with Crippen LogP contribution in [0.25, 0.3) is 139 Å². The number of thiophene rings is 2. The second kappa shape index (κ2) is 14.8. The van der Waals surface area contributed by atoms with Gasteiger partial charge in [0, 0.05) is 45.9 Å². The fourth-order valence-corrected chi connectivity index (χ4v) is 13.4. The van der Waals surface area contributed by atoms with E-state index < -0.39 is 0 Å². The van der Waals surface area contributed by atoms with Crippen molar-refractivity contribution >= 4 is 106 Å². The summed E-state index contributed by atoms with van der Waals surface area (Å²) in [6.45, 7) is 0. The Hall–Kier alpha value is -7.88. The van der Waals surface area contributed by atoms with Gasteiger partial charge in [0.2, 0.25) is 0 Å². The van der Waals surface area contributed by atoms with Gasteiger partial charge in [-0.1, -0.05) is 200 Å². The molecule has 0 unspecified atom stereocenters. The van der Waals surface area contributed by atoms with Gasteiger partial charge >= 0.3 is 0 Å². The van der Waals surface area contributed by atoms with E-state index in [0.29, 0.717) is 0 Å². The molecule has 0 saturated heterocycles. The van der Waals surface area contributed by atoms with Crippen LogP contribution >= 0.6 is 22.7 Å². The van der Waals surface area contributed by atoms with Gasteiger partial charge in [0.15, 0.2) is 0 Å². The average Bonchev–Trinajstić information content (AvgIpc) is 3.96. The number of rotatable bonds is 5. The van der Waals surface area contributed by atoms with Gasteiger partial charge in [0.05, 0.1) is 0 Å². The fraction of sp³-hybridized carbons (Fsp3) is 0. The first-order valence-electron chi connectivity index (χ1n) is 22.7. The van der Waals surface area contributed by atoms with E-state index in [4.69, 9.17) is 0 Å². The van der Waals surface area contributed by atoms with E-state index in [1.54, 1.807) is 0 Å². The molecule has 12 aromatic carbocycles. The zero-order valence-corrected chi connectivity index (χ0v) is 37.4. The molecule has 0 fully saturated rings. The number of benzene rings is 12. The molecular formula is C64H38S2. The van der Waals surface area contributed by atoms with Crippen molar-refractivity contribution in [2.75, 3.05) is 0 Å². The summed E-state index contributed by atoms with van der Waals surface area (Å²) < 4.78 is 5.25. The van der Waals surface area contributed by atoms with E-state index in [0.717, 1.165) is 0 Å². The molecule has 0 radical (unpaired) electrons. The average molecular weight is 871 g/mol. The zero-order valence-electron chi connectivity index (χ0n) is 35.8. The lowest BCUT2D eigenvalue weighted by Gasteiger charge is -2.19. The lowest BCUT2D eigenvalue weighted by Crippen LogP contribution is -1.91.